The second kappa shape index (κ2) is 5.73. The van der Waals surface area contributed by atoms with Crippen LogP contribution in [0.1, 0.15) is 42.3 Å². The number of hydrogen-bond acceptors (Lipinski definition) is 5. The van der Waals surface area contributed by atoms with E-state index >= 15 is 0 Å². The number of carbonyl (C=O) groups is 1. The van der Waals surface area contributed by atoms with E-state index in [1.807, 2.05) is 13.8 Å². The SMILES string of the molecule is CCCc1nc(-c2ccoc2CC)oc1C(=O)OC. The van der Waals surface area contributed by atoms with Crippen LogP contribution in [0.4, 0.5) is 0 Å². The van der Waals surface area contributed by atoms with Crippen LogP contribution in [-0.4, -0.2) is 18.1 Å². The molecule has 0 aliphatic heterocycles. The standard InChI is InChI=1S/C14H17NO4/c1-4-6-10-12(14(16)17-3)19-13(15-10)9-7-8-18-11(9)5-2/h7-8H,4-6H2,1-3H3. The summed E-state index contributed by atoms with van der Waals surface area (Å²) in [5, 5.41) is 0. The molecule has 0 atom stereocenters. The molecule has 0 amide bonds. The van der Waals surface area contributed by atoms with Gasteiger partial charge in [-0.3, -0.25) is 0 Å². The third kappa shape index (κ3) is 2.54. The molecule has 0 N–H and O–H groups in total. The van der Waals surface area contributed by atoms with Crippen LogP contribution in [0.15, 0.2) is 21.2 Å². The van der Waals surface area contributed by atoms with Gasteiger partial charge in [0, 0.05) is 6.42 Å². The minimum atomic E-state index is -0.497. The van der Waals surface area contributed by atoms with Gasteiger partial charge >= 0.3 is 5.97 Å². The first-order valence-corrected chi connectivity index (χ1v) is 6.36. The van der Waals surface area contributed by atoms with Gasteiger partial charge in [-0.15, -0.1) is 0 Å². The number of hydrogen-bond donors (Lipinski definition) is 0. The van der Waals surface area contributed by atoms with Crippen LogP contribution in [0.25, 0.3) is 11.5 Å². The van der Waals surface area contributed by atoms with Crippen molar-refractivity contribution in [3.8, 4) is 11.5 Å². The Bertz CT molecular complexity index is 568. The van der Waals surface area contributed by atoms with Crippen molar-refractivity contribution in [3.05, 3.63) is 29.5 Å². The lowest BCUT2D eigenvalue weighted by Gasteiger charge is -1.96. The fourth-order valence-electron chi connectivity index (χ4n) is 1.93. The van der Waals surface area contributed by atoms with Crippen LogP contribution >= 0.6 is 0 Å². The fraction of sp³-hybridized carbons (Fsp3) is 0.429. The number of ether oxygens (including phenoxy) is 1. The average Bonchev–Trinajstić information content (AvgIpc) is 3.03. The van der Waals surface area contributed by atoms with Gasteiger partial charge in [0.25, 0.3) is 0 Å². The molecule has 2 heterocycles. The average molecular weight is 263 g/mol. The molecule has 102 valence electrons. The second-order valence-corrected chi connectivity index (χ2v) is 4.15. The number of aryl methyl sites for hydroxylation is 2. The summed E-state index contributed by atoms with van der Waals surface area (Å²) in [7, 11) is 1.33. The zero-order valence-electron chi connectivity index (χ0n) is 11.4. The normalized spacial score (nSPS) is 10.7. The third-order valence-electron chi connectivity index (χ3n) is 2.85. The number of furan rings is 1. The maximum atomic E-state index is 11.7. The Morgan fingerprint density at radius 2 is 2.21 bits per heavy atom. The zero-order chi connectivity index (χ0) is 13.8. The van der Waals surface area contributed by atoms with E-state index in [-0.39, 0.29) is 5.76 Å². The van der Waals surface area contributed by atoms with Crippen molar-refractivity contribution in [2.24, 2.45) is 0 Å². The fourth-order valence-corrected chi connectivity index (χ4v) is 1.93. The highest BCUT2D eigenvalue weighted by molar-refractivity contribution is 5.88. The van der Waals surface area contributed by atoms with Crippen LogP contribution in [-0.2, 0) is 17.6 Å². The molecule has 0 saturated heterocycles. The molecule has 0 radical (unpaired) electrons. The number of aromatic nitrogens is 1. The highest BCUT2D eigenvalue weighted by Crippen LogP contribution is 2.27. The minimum absolute atomic E-state index is 0.183. The van der Waals surface area contributed by atoms with E-state index in [1.54, 1.807) is 12.3 Å². The first-order chi connectivity index (χ1) is 9.21. The van der Waals surface area contributed by atoms with Crippen LogP contribution in [0, 0.1) is 0 Å². The highest BCUT2D eigenvalue weighted by Gasteiger charge is 2.22. The van der Waals surface area contributed by atoms with Crippen molar-refractivity contribution >= 4 is 5.97 Å². The molecule has 2 aromatic heterocycles. The van der Waals surface area contributed by atoms with Crippen molar-refractivity contribution in [1.29, 1.82) is 0 Å². The molecule has 0 saturated carbocycles. The van der Waals surface area contributed by atoms with Gasteiger partial charge < -0.3 is 13.6 Å². The maximum Gasteiger partial charge on any atom is 0.376 e. The predicted molar refractivity (Wildman–Crippen MR) is 68.9 cm³/mol. The molecule has 0 aromatic carbocycles. The summed E-state index contributed by atoms with van der Waals surface area (Å²) < 4.78 is 15.6. The predicted octanol–water partition coefficient (Wildman–Crippen LogP) is 3.24. The number of oxazole rings is 1. The zero-order valence-corrected chi connectivity index (χ0v) is 11.4. The van der Waals surface area contributed by atoms with Crippen molar-refractivity contribution in [2.45, 2.75) is 33.1 Å². The first kappa shape index (κ1) is 13.4. The molecule has 2 rings (SSSR count). The number of esters is 1. The number of nitrogens with zero attached hydrogens (tertiary/aromatic N) is 1. The highest BCUT2D eigenvalue weighted by atomic mass is 16.5. The van der Waals surface area contributed by atoms with Gasteiger partial charge in [0.1, 0.15) is 5.76 Å². The van der Waals surface area contributed by atoms with Crippen molar-refractivity contribution in [2.75, 3.05) is 7.11 Å². The Morgan fingerprint density at radius 1 is 1.42 bits per heavy atom. The molecular weight excluding hydrogens is 246 g/mol. The summed E-state index contributed by atoms with van der Waals surface area (Å²) in [6.45, 7) is 4.00. The third-order valence-corrected chi connectivity index (χ3v) is 2.85. The number of rotatable bonds is 5. The first-order valence-electron chi connectivity index (χ1n) is 6.36. The quantitative estimate of drug-likeness (QED) is 0.775. The summed E-state index contributed by atoms with van der Waals surface area (Å²) in [5.74, 6) is 0.890. The van der Waals surface area contributed by atoms with Gasteiger partial charge in [0.05, 0.1) is 24.6 Å². The van der Waals surface area contributed by atoms with Crippen molar-refractivity contribution < 1.29 is 18.4 Å². The molecule has 0 spiro atoms. The van der Waals surface area contributed by atoms with Crippen molar-refractivity contribution in [1.82, 2.24) is 4.98 Å². The maximum absolute atomic E-state index is 11.7. The molecule has 0 bridgehead atoms. The summed E-state index contributed by atoms with van der Waals surface area (Å²) >= 11 is 0. The van der Waals surface area contributed by atoms with Gasteiger partial charge in [-0.25, -0.2) is 9.78 Å². The van der Waals surface area contributed by atoms with E-state index in [2.05, 4.69) is 4.98 Å². The van der Waals surface area contributed by atoms with E-state index in [4.69, 9.17) is 13.6 Å². The Labute approximate surface area is 111 Å². The van der Waals surface area contributed by atoms with E-state index < -0.39 is 5.97 Å². The van der Waals surface area contributed by atoms with Crippen molar-refractivity contribution in [3.63, 3.8) is 0 Å². The monoisotopic (exact) mass is 263 g/mol. The molecule has 5 nitrogen and oxygen atoms in total. The Morgan fingerprint density at radius 3 is 2.84 bits per heavy atom. The van der Waals surface area contributed by atoms with Gasteiger partial charge in [0.15, 0.2) is 0 Å². The molecule has 5 heteroatoms. The van der Waals surface area contributed by atoms with Gasteiger partial charge in [-0.1, -0.05) is 20.3 Å². The lowest BCUT2D eigenvalue weighted by Crippen LogP contribution is -2.03. The van der Waals surface area contributed by atoms with Crippen LogP contribution in [0.2, 0.25) is 0 Å². The largest absolute Gasteiger partial charge is 0.469 e. The summed E-state index contributed by atoms with van der Waals surface area (Å²) in [5.41, 5.74) is 1.42. The molecule has 2 aromatic rings. The number of carbonyl (C=O) groups excluding carboxylic acids is 1. The molecular formula is C14H17NO4. The topological polar surface area (TPSA) is 65.5 Å². The van der Waals surface area contributed by atoms with E-state index in [0.717, 1.165) is 24.2 Å². The molecule has 0 aliphatic carbocycles. The Balaban J connectivity index is 2.45. The molecule has 19 heavy (non-hydrogen) atoms. The number of methoxy groups -OCH3 is 1. The van der Waals surface area contributed by atoms with E-state index in [1.165, 1.54) is 7.11 Å². The summed E-state index contributed by atoms with van der Waals surface area (Å²) in [6, 6.07) is 1.79. The van der Waals surface area contributed by atoms with E-state index in [0.29, 0.717) is 18.0 Å². The Hall–Kier alpha value is -2.04. The molecule has 0 fully saturated rings. The second-order valence-electron chi connectivity index (χ2n) is 4.15. The lowest BCUT2D eigenvalue weighted by atomic mass is 10.2. The van der Waals surface area contributed by atoms with Gasteiger partial charge in [0.2, 0.25) is 11.7 Å². The Kier molecular flexibility index (Phi) is 4.04. The smallest absolute Gasteiger partial charge is 0.376 e. The summed E-state index contributed by atoms with van der Waals surface area (Å²) in [4.78, 5) is 16.1. The molecule has 0 aliphatic rings. The van der Waals surface area contributed by atoms with Crippen LogP contribution in [0.3, 0.4) is 0 Å². The summed E-state index contributed by atoms with van der Waals surface area (Å²) in [6.07, 6.45) is 3.88. The van der Waals surface area contributed by atoms with Gasteiger partial charge in [-0.2, -0.15) is 0 Å². The molecule has 0 unspecified atom stereocenters. The minimum Gasteiger partial charge on any atom is -0.469 e. The van der Waals surface area contributed by atoms with Gasteiger partial charge in [-0.05, 0) is 12.5 Å². The van der Waals surface area contributed by atoms with Crippen LogP contribution in [0.5, 0.6) is 0 Å². The lowest BCUT2D eigenvalue weighted by molar-refractivity contribution is 0.0564. The van der Waals surface area contributed by atoms with Crippen LogP contribution < -0.4 is 0 Å². The van der Waals surface area contributed by atoms with E-state index in [9.17, 15) is 4.79 Å².